The van der Waals surface area contributed by atoms with Gasteiger partial charge >= 0.3 is 5.97 Å². The van der Waals surface area contributed by atoms with Gasteiger partial charge in [0, 0.05) is 6.54 Å². The Kier molecular flexibility index (Phi) is 4.89. The van der Waals surface area contributed by atoms with Crippen molar-refractivity contribution in [3.63, 3.8) is 0 Å². The fourth-order valence-corrected chi connectivity index (χ4v) is 2.43. The van der Waals surface area contributed by atoms with Gasteiger partial charge in [0.05, 0.1) is 12.8 Å². The van der Waals surface area contributed by atoms with Crippen molar-refractivity contribution < 1.29 is 19.1 Å². The molecule has 1 aromatic carbocycles. The summed E-state index contributed by atoms with van der Waals surface area (Å²) in [7, 11) is 0. The third kappa shape index (κ3) is 4.11. The Labute approximate surface area is 144 Å². The highest BCUT2D eigenvalue weighted by Crippen LogP contribution is 2.14. The third-order valence-corrected chi connectivity index (χ3v) is 3.62. The lowest BCUT2D eigenvalue weighted by Gasteiger charge is -2.21. The number of carboxylic acids is 1. The minimum atomic E-state index is -1.17. The van der Waals surface area contributed by atoms with Crippen LogP contribution in [0.4, 0.5) is 0 Å². The van der Waals surface area contributed by atoms with E-state index in [9.17, 15) is 9.59 Å². The quantitative estimate of drug-likeness (QED) is 0.747. The second-order valence-electron chi connectivity index (χ2n) is 5.44. The molecule has 0 radical (unpaired) electrons. The Bertz CT molecular complexity index is 860. The molecule has 0 unspecified atom stereocenters. The molecule has 6 heteroatoms. The van der Waals surface area contributed by atoms with E-state index in [1.165, 1.54) is 18.2 Å². The average molecular weight is 336 g/mol. The molecule has 2 heterocycles. The summed E-state index contributed by atoms with van der Waals surface area (Å²) in [4.78, 5) is 29.5. The molecule has 0 bridgehead atoms. The minimum Gasteiger partial charge on any atom is -0.477 e. The number of amides is 1. The SMILES string of the molecule is O=C(O)c1cccc(C(=O)N(Cc2ccccc2)Cc2ccco2)n1. The van der Waals surface area contributed by atoms with Crippen LogP contribution in [0.2, 0.25) is 0 Å². The van der Waals surface area contributed by atoms with Crippen LogP contribution >= 0.6 is 0 Å². The topological polar surface area (TPSA) is 83.6 Å². The maximum Gasteiger partial charge on any atom is 0.354 e. The number of benzene rings is 1. The summed E-state index contributed by atoms with van der Waals surface area (Å²) < 4.78 is 5.34. The van der Waals surface area contributed by atoms with E-state index < -0.39 is 5.97 Å². The van der Waals surface area contributed by atoms with Crippen LogP contribution < -0.4 is 0 Å². The molecule has 3 aromatic rings. The molecule has 0 aliphatic carbocycles. The molecule has 126 valence electrons. The van der Waals surface area contributed by atoms with Crippen LogP contribution in [0, 0.1) is 0 Å². The molecule has 0 spiro atoms. The van der Waals surface area contributed by atoms with Gasteiger partial charge in [-0.1, -0.05) is 36.4 Å². The molecule has 0 saturated heterocycles. The number of carbonyl (C=O) groups is 2. The van der Waals surface area contributed by atoms with E-state index in [0.29, 0.717) is 12.3 Å². The van der Waals surface area contributed by atoms with Gasteiger partial charge in [0.25, 0.3) is 5.91 Å². The van der Waals surface area contributed by atoms with Crippen LogP contribution in [-0.4, -0.2) is 26.9 Å². The summed E-state index contributed by atoms with van der Waals surface area (Å²) in [6.07, 6.45) is 1.55. The normalized spacial score (nSPS) is 10.4. The van der Waals surface area contributed by atoms with Crippen LogP contribution in [0.5, 0.6) is 0 Å². The standard InChI is InChI=1S/C19H16N2O4/c22-18(16-9-4-10-17(20-16)19(23)24)21(13-15-8-5-11-25-15)12-14-6-2-1-3-7-14/h1-11H,12-13H2,(H,23,24). The molecule has 0 atom stereocenters. The Morgan fingerprint density at radius 1 is 0.920 bits per heavy atom. The second-order valence-corrected chi connectivity index (χ2v) is 5.44. The zero-order chi connectivity index (χ0) is 17.6. The van der Waals surface area contributed by atoms with Gasteiger partial charge in [-0.2, -0.15) is 0 Å². The van der Waals surface area contributed by atoms with E-state index >= 15 is 0 Å². The zero-order valence-electron chi connectivity index (χ0n) is 13.3. The molecule has 0 aliphatic rings. The van der Waals surface area contributed by atoms with Gasteiger partial charge in [0.1, 0.15) is 17.1 Å². The lowest BCUT2D eigenvalue weighted by molar-refractivity contribution is 0.0688. The Balaban J connectivity index is 1.88. The van der Waals surface area contributed by atoms with Crippen LogP contribution in [0.25, 0.3) is 0 Å². The molecule has 1 N–H and O–H groups in total. The highest BCUT2D eigenvalue weighted by Gasteiger charge is 2.20. The molecular formula is C19H16N2O4. The van der Waals surface area contributed by atoms with Crippen molar-refractivity contribution in [2.24, 2.45) is 0 Å². The molecular weight excluding hydrogens is 320 g/mol. The van der Waals surface area contributed by atoms with Crippen molar-refractivity contribution >= 4 is 11.9 Å². The number of carboxylic acid groups (broad SMARTS) is 1. The fourth-order valence-electron chi connectivity index (χ4n) is 2.43. The van der Waals surface area contributed by atoms with E-state index in [4.69, 9.17) is 9.52 Å². The van der Waals surface area contributed by atoms with E-state index in [1.807, 2.05) is 30.3 Å². The predicted molar refractivity (Wildman–Crippen MR) is 89.9 cm³/mol. The van der Waals surface area contributed by atoms with Crippen molar-refractivity contribution in [3.05, 3.63) is 89.6 Å². The molecule has 0 fully saturated rings. The van der Waals surface area contributed by atoms with Gasteiger partial charge in [-0.25, -0.2) is 9.78 Å². The van der Waals surface area contributed by atoms with Crippen LogP contribution in [0.1, 0.15) is 32.3 Å². The zero-order valence-corrected chi connectivity index (χ0v) is 13.3. The Morgan fingerprint density at radius 3 is 2.36 bits per heavy atom. The molecule has 0 aliphatic heterocycles. The fraction of sp³-hybridized carbons (Fsp3) is 0.105. The number of hydrogen-bond acceptors (Lipinski definition) is 4. The van der Waals surface area contributed by atoms with E-state index in [2.05, 4.69) is 4.98 Å². The Hall–Kier alpha value is -3.41. The van der Waals surface area contributed by atoms with Gasteiger partial charge in [0.15, 0.2) is 0 Å². The first-order valence-corrected chi connectivity index (χ1v) is 7.69. The van der Waals surface area contributed by atoms with Crippen LogP contribution in [-0.2, 0) is 13.1 Å². The smallest absolute Gasteiger partial charge is 0.354 e. The summed E-state index contributed by atoms with van der Waals surface area (Å²) in [5.74, 6) is -0.891. The number of nitrogens with zero attached hydrogens (tertiary/aromatic N) is 2. The first-order chi connectivity index (χ1) is 12.1. The minimum absolute atomic E-state index is 0.0855. The monoisotopic (exact) mass is 336 g/mol. The van der Waals surface area contributed by atoms with Crippen LogP contribution in [0.3, 0.4) is 0 Å². The van der Waals surface area contributed by atoms with E-state index in [0.717, 1.165) is 5.56 Å². The number of furan rings is 1. The number of pyridine rings is 1. The third-order valence-electron chi connectivity index (χ3n) is 3.62. The number of hydrogen-bond donors (Lipinski definition) is 1. The highest BCUT2D eigenvalue weighted by molar-refractivity contribution is 5.94. The maximum absolute atomic E-state index is 12.9. The predicted octanol–water partition coefficient (Wildman–Crippen LogP) is 3.22. The van der Waals surface area contributed by atoms with Gasteiger partial charge in [0.2, 0.25) is 0 Å². The molecule has 0 saturated carbocycles. The van der Waals surface area contributed by atoms with E-state index in [1.54, 1.807) is 23.3 Å². The molecule has 3 rings (SSSR count). The molecule has 25 heavy (non-hydrogen) atoms. The summed E-state index contributed by atoms with van der Waals surface area (Å²) in [6, 6.07) is 17.4. The van der Waals surface area contributed by atoms with Gasteiger partial charge in [-0.15, -0.1) is 0 Å². The van der Waals surface area contributed by atoms with Crippen molar-refractivity contribution in [1.29, 1.82) is 0 Å². The highest BCUT2D eigenvalue weighted by atomic mass is 16.4. The van der Waals surface area contributed by atoms with E-state index in [-0.39, 0.29) is 23.8 Å². The second kappa shape index (κ2) is 7.44. The largest absolute Gasteiger partial charge is 0.477 e. The molecule has 1 amide bonds. The van der Waals surface area contributed by atoms with Crippen molar-refractivity contribution in [2.75, 3.05) is 0 Å². The summed E-state index contributed by atoms with van der Waals surface area (Å²) in [5, 5.41) is 9.07. The van der Waals surface area contributed by atoms with Crippen molar-refractivity contribution in [2.45, 2.75) is 13.1 Å². The molecule has 2 aromatic heterocycles. The van der Waals surface area contributed by atoms with Crippen molar-refractivity contribution in [1.82, 2.24) is 9.88 Å². The Morgan fingerprint density at radius 2 is 1.68 bits per heavy atom. The lowest BCUT2D eigenvalue weighted by atomic mass is 10.2. The van der Waals surface area contributed by atoms with Gasteiger partial charge in [-0.05, 0) is 29.8 Å². The first kappa shape index (κ1) is 16.4. The maximum atomic E-state index is 12.9. The van der Waals surface area contributed by atoms with Gasteiger partial charge in [-0.3, -0.25) is 4.79 Å². The van der Waals surface area contributed by atoms with Crippen LogP contribution in [0.15, 0.2) is 71.3 Å². The van der Waals surface area contributed by atoms with Gasteiger partial charge < -0.3 is 14.4 Å². The number of aromatic nitrogens is 1. The van der Waals surface area contributed by atoms with Crippen molar-refractivity contribution in [3.8, 4) is 0 Å². The molecule has 6 nitrogen and oxygen atoms in total. The number of aromatic carboxylic acids is 1. The number of rotatable bonds is 6. The summed E-state index contributed by atoms with van der Waals surface area (Å²) in [5.41, 5.74) is 0.877. The summed E-state index contributed by atoms with van der Waals surface area (Å²) >= 11 is 0. The number of carbonyl (C=O) groups excluding carboxylic acids is 1. The first-order valence-electron chi connectivity index (χ1n) is 7.69. The average Bonchev–Trinajstić information content (AvgIpc) is 3.14. The lowest BCUT2D eigenvalue weighted by Crippen LogP contribution is -2.31. The summed E-state index contributed by atoms with van der Waals surface area (Å²) in [6.45, 7) is 0.624.